The number of ether oxygens (including phenoxy) is 2. The van der Waals surface area contributed by atoms with Gasteiger partial charge in [0, 0.05) is 18.8 Å². The minimum atomic E-state index is -0.830. The van der Waals surface area contributed by atoms with Gasteiger partial charge in [-0.1, -0.05) is 20.8 Å². The highest BCUT2D eigenvalue weighted by molar-refractivity contribution is 5.91. The molecule has 1 saturated heterocycles. The third-order valence-electron chi connectivity index (χ3n) is 4.65. The smallest absolute Gasteiger partial charge is 0.303 e. The molecular weight excluding hydrogens is 370 g/mol. The summed E-state index contributed by atoms with van der Waals surface area (Å²) in [5.41, 5.74) is -0.319. The molecule has 11 heteroatoms. The van der Waals surface area contributed by atoms with Crippen molar-refractivity contribution >= 4 is 29.0 Å². The lowest BCUT2D eigenvalue weighted by atomic mass is 10.0. The van der Waals surface area contributed by atoms with Crippen molar-refractivity contribution in [3.8, 4) is 0 Å². The summed E-state index contributed by atoms with van der Waals surface area (Å²) in [4.78, 5) is 46.6. The Morgan fingerprint density at radius 3 is 2.79 bits per heavy atom. The minimum Gasteiger partial charge on any atom is -0.457 e. The van der Waals surface area contributed by atoms with Gasteiger partial charge in [0.05, 0.1) is 19.0 Å². The molecule has 0 aromatic carbocycles. The fourth-order valence-corrected chi connectivity index (χ4v) is 3.07. The number of anilines is 1. The van der Waals surface area contributed by atoms with Crippen LogP contribution in [0.25, 0.3) is 11.2 Å². The van der Waals surface area contributed by atoms with Gasteiger partial charge >= 0.3 is 5.97 Å². The molecule has 0 saturated carbocycles. The summed E-state index contributed by atoms with van der Waals surface area (Å²) in [7, 11) is 0. The van der Waals surface area contributed by atoms with E-state index < -0.39 is 30.0 Å². The number of carbonyl (C=O) groups excluding carboxylic acids is 2. The van der Waals surface area contributed by atoms with E-state index >= 15 is 0 Å². The van der Waals surface area contributed by atoms with E-state index in [4.69, 9.17) is 9.47 Å². The van der Waals surface area contributed by atoms with Gasteiger partial charge in [-0.15, -0.1) is 0 Å². The van der Waals surface area contributed by atoms with Crippen molar-refractivity contribution in [2.24, 2.45) is 11.8 Å². The average Bonchev–Trinajstić information content (AvgIpc) is 3.16. The number of aliphatic hydroxyl groups is 1. The van der Waals surface area contributed by atoms with Crippen LogP contribution in [0, 0.1) is 11.8 Å². The monoisotopic (exact) mass is 393 g/mol. The number of aliphatic hydroxyl groups excluding tert-OH is 1. The van der Waals surface area contributed by atoms with Crippen LogP contribution in [0.5, 0.6) is 0 Å². The number of H-pyrrole nitrogens is 1. The van der Waals surface area contributed by atoms with E-state index in [1.165, 1.54) is 17.8 Å². The van der Waals surface area contributed by atoms with Crippen molar-refractivity contribution in [3.05, 3.63) is 16.7 Å². The largest absolute Gasteiger partial charge is 0.457 e. The van der Waals surface area contributed by atoms with Gasteiger partial charge in [0.15, 0.2) is 23.5 Å². The number of amides is 1. The van der Waals surface area contributed by atoms with Gasteiger partial charge in [-0.2, -0.15) is 4.98 Å². The second-order valence-electron chi connectivity index (χ2n) is 7.06. The van der Waals surface area contributed by atoms with Crippen LogP contribution < -0.4 is 10.9 Å². The first-order valence-electron chi connectivity index (χ1n) is 8.94. The van der Waals surface area contributed by atoms with Crippen LogP contribution in [0.15, 0.2) is 11.1 Å². The molecule has 1 aliphatic rings. The van der Waals surface area contributed by atoms with Crippen molar-refractivity contribution in [1.82, 2.24) is 19.5 Å². The molecule has 11 nitrogen and oxygen atoms in total. The molecule has 2 aromatic heterocycles. The molecule has 0 radical (unpaired) electrons. The van der Waals surface area contributed by atoms with E-state index in [0.29, 0.717) is 0 Å². The molecule has 3 N–H and O–H groups in total. The van der Waals surface area contributed by atoms with Crippen LogP contribution in [-0.2, 0) is 19.1 Å². The second-order valence-corrected chi connectivity index (χ2v) is 7.06. The zero-order chi connectivity index (χ0) is 20.6. The average molecular weight is 393 g/mol. The highest BCUT2D eigenvalue weighted by Crippen LogP contribution is 2.37. The molecule has 3 heterocycles. The molecule has 28 heavy (non-hydrogen) atoms. The van der Waals surface area contributed by atoms with Crippen molar-refractivity contribution in [2.75, 3.05) is 11.9 Å². The third kappa shape index (κ3) is 3.62. The van der Waals surface area contributed by atoms with Crippen molar-refractivity contribution in [1.29, 1.82) is 0 Å². The van der Waals surface area contributed by atoms with Gasteiger partial charge in [-0.05, 0) is 0 Å². The minimum absolute atomic E-state index is 0.0215. The number of nitrogens with one attached hydrogen (secondary N) is 2. The summed E-state index contributed by atoms with van der Waals surface area (Å²) < 4.78 is 12.7. The van der Waals surface area contributed by atoms with Gasteiger partial charge < -0.3 is 14.6 Å². The van der Waals surface area contributed by atoms with Crippen LogP contribution in [0.3, 0.4) is 0 Å². The standard InChI is InChI=1S/C17H23N5O6/c1-7(2)14(25)20-17-19-13-11(15(26)21-17)18-6-22(13)16-12(27-9(4)24)8(3)10(5-23)28-16/h6-8,10,12,16,23H,5H2,1-4H3,(H2,19,20,21,25,26)/t8-,10+,12+,16+/m0/s1. The SMILES string of the molecule is CC(=O)O[C@@H]1[C@@H](C)[C@@H](CO)O[C@H]1n1cnc2c(=O)[nH]c(NC(=O)C(C)C)nc21. The zero-order valence-corrected chi connectivity index (χ0v) is 16.0. The molecule has 0 bridgehead atoms. The van der Waals surface area contributed by atoms with Gasteiger partial charge in [0.1, 0.15) is 0 Å². The molecule has 152 valence electrons. The molecule has 3 rings (SSSR count). The molecule has 1 amide bonds. The Bertz CT molecular complexity index is 951. The lowest BCUT2D eigenvalue weighted by molar-refractivity contribution is -0.153. The van der Waals surface area contributed by atoms with E-state index in [-0.39, 0.29) is 41.5 Å². The molecule has 0 spiro atoms. The lowest BCUT2D eigenvalue weighted by Gasteiger charge is -2.21. The summed E-state index contributed by atoms with van der Waals surface area (Å²) in [5, 5.41) is 12.1. The van der Waals surface area contributed by atoms with E-state index in [0.717, 1.165) is 0 Å². The van der Waals surface area contributed by atoms with Gasteiger partial charge in [-0.3, -0.25) is 29.3 Å². The molecule has 0 unspecified atom stereocenters. The zero-order valence-electron chi connectivity index (χ0n) is 16.0. The summed E-state index contributed by atoms with van der Waals surface area (Å²) in [6.07, 6.45) is -0.742. The highest BCUT2D eigenvalue weighted by Gasteiger charge is 2.45. The molecule has 2 aromatic rings. The van der Waals surface area contributed by atoms with E-state index in [2.05, 4.69) is 20.3 Å². The van der Waals surface area contributed by atoms with Crippen molar-refractivity contribution < 1.29 is 24.2 Å². The van der Waals surface area contributed by atoms with E-state index in [1.54, 1.807) is 20.8 Å². The van der Waals surface area contributed by atoms with E-state index in [9.17, 15) is 19.5 Å². The number of hydrogen-bond acceptors (Lipinski definition) is 8. The number of imidazole rings is 1. The van der Waals surface area contributed by atoms with Gasteiger partial charge in [-0.25, -0.2) is 4.98 Å². The van der Waals surface area contributed by atoms with Crippen LogP contribution in [0.2, 0.25) is 0 Å². The predicted octanol–water partition coefficient (Wildman–Crippen LogP) is 0.172. The van der Waals surface area contributed by atoms with Crippen LogP contribution in [-0.4, -0.2) is 55.3 Å². The summed E-state index contributed by atoms with van der Waals surface area (Å²) in [5.74, 6) is -1.42. The Kier molecular flexibility index (Phi) is 5.47. The van der Waals surface area contributed by atoms with Crippen molar-refractivity contribution in [3.63, 3.8) is 0 Å². The first-order valence-corrected chi connectivity index (χ1v) is 8.94. The lowest BCUT2D eigenvalue weighted by Crippen LogP contribution is -2.30. The molecular formula is C17H23N5O6. The summed E-state index contributed by atoms with van der Waals surface area (Å²) in [6.45, 7) is 6.24. The Balaban J connectivity index is 2.04. The van der Waals surface area contributed by atoms with Crippen LogP contribution in [0.4, 0.5) is 5.95 Å². The fourth-order valence-electron chi connectivity index (χ4n) is 3.07. The Morgan fingerprint density at radius 1 is 1.46 bits per heavy atom. The van der Waals surface area contributed by atoms with Gasteiger partial charge in [0.2, 0.25) is 11.9 Å². The quantitative estimate of drug-likeness (QED) is 0.609. The van der Waals surface area contributed by atoms with E-state index in [1.807, 2.05) is 0 Å². The number of fused-ring (bicyclic) bond motifs is 1. The topological polar surface area (TPSA) is 148 Å². The Hall–Kier alpha value is -2.79. The molecule has 4 atom stereocenters. The Labute approximate surface area is 160 Å². The van der Waals surface area contributed by atoms with Crippen LogP contribution in [0.1, 0.15) is 33.9 Å². The molecule has 1 aliphatic heterocycles. The Morgan fingerprint density at radius 2 is 2.18 bits per heavy atom. The number of nitrogens with zero attached hydrogens (tertiary/aromatic N) is 3. The maximum atomic E-state index is 12.3. The summed E-state index contributed by atoms with van der Waals surface area (Å²) in [6, 6.07) is 0. The molecule has 1 fully saturated rings. The normalized spacial score (nSPS) is 24.6. The second kappa shape index (κ2) is 7.68. The number of rotatable bonds is 5. The van der Waals surface area contributed by atoms with Gasteiger partial charge in [0.25, 0.3) is 5.56 Å². The maximum absolute atomic E-state index is 12.3. The number of esters is 1. The van der Waals surface area contributed by atoms with Crippen LogP contribution >= 0.6 is 0 Å². The van der Waals surface area contributed by atoms with Crippen molar-refractivity contribution in [2.45, 2.75) is 46.1 Å². The first-order chi connectivity index (χ1) is 13.2. The fraction of sp³-hybridized carbons (Fsp3) is 0.588. The molecule has 0 aliphatic carbocycles. The third-order valence-corrected chi connectivity index (χ3v) is 4.65. The summed E-state index contributed by atoms with van der Waals surface area (Å²) >= 11 is 0. The number of hydrogen-bond donors (Lipinski definition) is 3. The first kappa shape index (κ1) is 20.0. The highest BCUT2D eigenvalue weighted by atomic mass is 16.6. The number of carbonyl (C=O) groups is 2. The number of aromatic amines is 1. The predicted molar refractivity (Wildman–Crippen MR) is 97.3 cm³/mol. The number of aromatic nitrogens is 4. The maximum Gasteiger partial charge on any atom is 0.303 e.